The lowest BCUT2D eigenvalue weighted by molar-refractivity contribution is -0.869. The molecule has 10 atom stereocenters. The maximum atomic E-state index is 15.0. The van der Waals surface area contributed by atoms with Crippen LogP contribution in [-0.4, -0.2) is 258 Å². The van der Waals surface area contributed by atoms with Crippen LogP contribution in [0.25, 0.3) is 0 Å². The number of phenolic OH excluding ortho intramolecular Hbond substituents is 1. The van der Waals surface area contributed by atoms with Crippen LogP contribution in [0, 0.1) is 46.3 Å². The molecule has 10 N–H and O–H groups in total. The Bertz CT molecular complexity index is 4820. The highest BCUT2D eigenvalue weighted by atomic mass is 16.6. The first kappa shape index (κ1) is 108. The van der Waals surface area contributed by atoms with Crippen molar-refractivity contribution >= 4 is 70.3 Å². The number of rotatable bonds is 55. The van der Waals surface area contributed by atoms with Gasteiger partial charge in [0.25, 0.3) is 0 Å². The van der Waals surface area contributed by atoms with Crippen LogP contribution in [0.1, 0.15) is 222 Å². The monoisotopic (exact) mass is 1900 g/mol. The normalized spacial score (nSPS) is 21.6. The standard InChI is InChI=1S/C105H152N12O20/c1-73(2)96(87(119)68-74(3)98(125)109-80-35-31-76-33-37-89-102(4,82(76)69-80)43-20-45-104(89,6)100(127)112-101(128)105(7)46-21-44-103(5)83-70-81(118)36-32-77(83)34-38-90(103)105)111-99(126)84(110-93(122)42-53-130-57-61-134-64-66-135-62-58-131-54-49-108-91(120)39-40-95(124)115-71-79-24-15-14-22-75(79)29-30-78-23-16-17-26-85(78)115)25-18-19-47-106-94(123)72-137-88-28-13-11-12-27-86-97(88)113-114-116(86)50-55-132-59-63-136-67-65-133-60-56-129-52-41-92(121)107-48-51-117(8,9)10/h14-17,22-24,26,31-32,35-36,69-70,73-74,84,88-90,96,113-114H,11-13,18-21,25,27-28,33-34,37-68,71-72H2,1-10H3,(H7-,106,107,108,109,110,111,112,118,120,121,122,123,125,126,127,128)/p+1/t74-,84-,88?,89-,90-,96+,102-,103-,104+,105+/m1/s1. The molecule has 9 amide bonds. The fraction of sp³-hybridized carbons (Fsp3) is 0.638. The van der Waals surface area contributed by atoms with Crippen molar-refractivity contribution in [2.75, 3.05) is 176 Å². The summed E-state index contributed by atoms with van der Waals surface area (Å²) in [5, 5.41) is 33.3. The second kappa shape index (κ2) is 53.0. The molecule has 0 bridgehead atoms. The molecule has 4 aromatic rings. The Morgan fingerprint density at radius 1 is 0.526 bits per heavy atom. The number of benzene rings is 4. The van der Waals surface area contributed by atoms with E-state index in [1.807, 2.05) is 112 Å². The maximum Gasteiger partial charge on any atom is 0.246 e. The summed E-state index contributed by atoms with van der Waals surface area (Å²) >= 11 is 0. The number of aryl methyl sites for hydroxylation is 2. The molecule has 11 rings (SSSR count). The van der Waals surface area contributed by atoms with Crippen LogP contribution in [0.15, 0.2) is 96.3 Å². The van der Waals surface area contributed by atoms with E-state index in [0.29, 0.717) is 135 Å². The molecule has 5 aliphatic carbocycles. The van der Waals surface area contributed by atoms with Crippen LogP contribution < -0.4 is 53.1 Å². The minimum Gasteiger partial charge on any atom is -0.508 e. The average molecular weight is 1900 g/mol. The van der Waals surface area contributed by atoms with Gasteiger partial charge in [-0.1, -0.05) is 128 Å². The van der Waals surface area contributed by atoms with Gasteiger partial charge in [-0.15, -0.1) is 5.53 Å². The number of imide groups is 1. The van der Waals surface area contributed by atoms with Crippen molar-refractivity contribution in [1.82, 2.24) is 47.9 Å². The van der Waals surface area contributed by atoms with Gasteiger partial charge < -0.3 is 94.4 Å². The Labute approximate surface area is 809 Å². The highest BCUT2D eigenvalue weighted by Crippen LogP contribution is 2.60. The van der Waals surface area contributed by atoms with E-state index in [0.717, 1.165) is 126 Å². The molecule has 1 unspecified atom stereocenters. The highest BCUT2D eigenvalue weighted by Gasteiger charge is 2.59. The lowest BCUT2D eigenvalue weighted by Gasteiger charge is -2.56. The number of likely N-dealkylation sites (N-methyl/N-ethyl adjacent to an activating group) is 1. The van der Waals surface area contributed by atoms with Gasteiger partial charge in [-0.25, -0.2) is 0 Å². The zero-order valence-corrected chi connectivity index (χ0v) is 82.7. The van der Waals surface area contributed by atoms with Gasteiger partial charge in [0.05, 0.1) is 187 Å². The number of aromatic hydroxyl groups is 1. The third-order valence-corrected chi connectivity index (χ3v) is 28.5. The van der Waals surface area contributed by atoms with Gasteiger partial charge in [-0.05, 0) is 189 Å². The highest BCUT2D eigenvalue weighted by molar-refractivity contribution is 6.02. The summed E-state index contributed by atoms with van der Waals surface area (Å²) in [5.41, 5.74) is 14.4. The molecule has 137 heavy (non-hydrogen) atoms. The number of amides is 9. The van der Waals surface area contributed by atoms with Gasteiger partial charge >= 0.3 is 0 Å². The van der Waals surface area contributed by atoms with Crippen LogP contribution in [0.5, 0.6) is 5.75 Å². The number of para-hydroxylation sites is 1. The molecule has 4 aromatic carbocycles. The summed E-state index contributed by atoms with van der Waals surface area (Å²) in [6.45, 7) is 21.5. The van der Waals surface area contributed by atoms with Crippen molar-refractivity contribution in [3.63, 3.8) is 0 Å². The first-order chi connectivity index (χ1) is 65.9. The predicted molar refractivity (Wildman–Crippen MR) is 520 cm³/mol. The van der Waals surface area contributed by atoms with Crippen LogP contribution in [0.3, 0.4) is 0 Å². The summed E-state index contributed by atoms with van der Waals surface area (Å²) in [5.74, 6) is 2.25. The smallest absolute Gasteiger partial charge is 0.246 e. The molecule has 0 aromatic heterocycles. The van der Waals surface area contributed by atoms with Crippen molar-refractivity contribution in [2.24, 2.45) is 34.5 Å². The number of anilines is 2. The Morgan fingerprint density at radius 3 is 1.72 bits per heavy atom. The molecular weight excluding hydrogens is 1750 g/mol. The SMILES string of the molecule is CC(C)[C@H](NC(=O)[C@@H](CCCCNC(=O)COC1CCCCCC2=C1NNN2CCOCCOCCOCCOCCC(=O)NCC[N+](C)(C)C)NC(=O)CCOCCOCCOCCOCCNC(=O)CCC(=O)N1Cc2ccccc2C#Cc2ccccc21)C(=O)C[C@@H](C)C(=O)Nc1ccc2c(c1)[C@@]1(C)CCC[C@](C)(C(=O)NC(=O)[C@@]3(C)CCC[C@]4(C)c5cc(O)ccc5CC[C@@H]34)[C@@H]1CC2. The zero-order valence-electron chi connectivity index (χ0n) is 82.7. The van der Waals surface area contributed by atoms with Crippen LogP contribution in [-0.2, 0) is 121 Å². The summed E-state index contributed by atoms with van der Waals surface area (Å²) in [6.07, 6.45) is 12.8. The molecule has 2 saturated carbocycles. The van der Waals surface area contributed by atoms with Crippen molar-refractivity contribution in [3.8, 4) is 17.6 Å². The van der Waals surface area contributed by atoms with E-state index in [4.69, 9.17) is 42.6 Å². The maximum absolute atomic E-state index is 15.0. The quantitative estimate of drug-likeness (QED) is 0.00850. The number of allylic oxidation sites excluding steroid dienone is 1. The average Bonchev–Trinajstić information content (AvgIpc) is 1.14. The van der Waals surface area contributed by atoms with Gasteiger partial charge in [0.2, 0.25) is 53.2 Å². The number of quaternary nitrogens is 1. The third kappa shape index (κ3) is 31.1. The number of Topliss-reactive ketones (excluding diaryl/α,β-unsaturated/α-hetero) is 1. The van der Waals surface area contributed by atoms with E-state index >= 15 is 4.79 Å². The molecule has 0 radical (unpaired) electrons. The molecule has 7 aliphatic rings. The number of nitrogens with zero attached hydrogens (tertiary/aromatic N) is 3. The Hall–Kier alpha value is -9.76. The topological polar surface area (TPSA) is 389 Å². The summed E-state index contributed by atoms with van der Waals surface area (Å²) < 4.78 is 52.7. The minimum atomic E-state index is -1.08. The van der Waals surface area contributed by atoms with Gasteiger partial charge in [0.1, 0.15) is 24.5 Å². The van der Waals surface area contributed by atoms with Gasteiger partial charge in [0.15, 0.2) is 5.78 Å². The molecular formula is C105H153N12O20+. The first-order valence-corrected chi connectivity index (χ1v) is 50.0. The number of hydrazine groups is 2. The summed E-state index contributed by atoms with van der Waals surface area (Å²) in [7, 11) is 6.24. The number of carbonyl (C=O) groups is 10. The number of fused-ring (bicyclic) bond motifs is 8. The van der Waals surface area contributed by atoms with Crippen LogP contribution >= 0.6 is 0 Å². The van der Waals surface area contributed by atoms with Crippen LogP contribution in [0.2, 0.25) is 0 Å². The van der Waals surface area contributed by atoms with E-state index < -0.39 is 52.0 Å². The number of carbonyl (C=O) groups excluding carboxylic acids is 10. The molecule has 0 saturated heterocycles. The largest absolute Gasteiger partial charge is 0.508 e. The third-order valence-electron chi connectivity index (χ3n) is 28.5. The van der Waals surface area contributed by atoms with Crippen molar-refractivity contribution in [2.45, 2.75) is 232 Å². The Balaban J connectivity index is 0.607. The Morgan fingerprint density at radius 2 is 1.08 bits per heavy atom. The van der Waals surface area contributed by atoms with Crippen molar-refractivity contribution in [1.29, 1.82) is 0 Å². The molecule has 0 spiro atoms. The second-order valence-corrected chi connectivity index (χ2v) is 40.0. The zero-order chi connectivity index (χ0) is 98.0. The van der Waals surface area contributed by atoms with Gasteiger partial charge in [0, 0.05) is 67.9 Å². The number of ether oxygens (including phenoxy) is 9. The number of nitrogens with one attached hydrogen (secondary N) is 9. The minimum absolute atomic E-state index is 0.0169. The second-order valence-electron chi connectivity index (χ2n) is 40.0. The molecule has 2 fully saturated rings. The molecule has 2 aliphatic heterocycles. The fourth-order valence-electron chi connectivity index (χ4n) is 20.8. The lowest BCUT2D eigenvalue weighted by Crippen LogP contribution is -2.60. The molecule has 2 heterocycles. The number of ketones is 1. The van der Waals surface area contributed by atoms with E-state index in [1.54, 1.807) is 17.9 Å². The fourth-order valence-corrected chi connectivity index (χ4v) is 20.8. The van der Waals surface area contributed by atoms with Crippen molar-refractivity contribution in [3.05, 3.63) is 135 Å². The van der Waals surface area contributed by atoms with Gasteiger partial charge in [-0.3, -0.25) is 58.3 Å². The number of hydrogen-bond donors (Lipinski definition) is 10. The number of phenols is 1. The van der Waals surface area contributed by atoms with Crippen molar-refractivity contribution < 1.29 is 100 Å². The van der Waals surface area contributed by atoms with E-state index in [9.17, 15) is 48.3 Å². The van der Waals surface area contributed by atoms with E-state index in [2.05, 4.69) is 95.0 Å². The van der Waals surface area contributed by atoms with Crippen LogP contribution in [0.4, 0.5) is 11.4 Å². The van der Waals surface area contributed by atoms with E-state index in [-0.39, 0.29) is 174 Å². The van der Waals surface area contributed by atoms with Gasteiger partial charge in [-0.2, -0.15) is 0 Å². The molecule has 32 nitrogen and oxygen atoms in total. The first-order valence-electron chi connectivity index (χ1n) is 50.0. The van der Waals surface area contributed by atoms with E-state index in [1.165, 1.54) is 5.56 Å². The summed E-state index contributed by atoms with van der Waals surface area (Å²) in [6, 6.07) is 24.7. The summed E-state index contributed by atoms with van der Waals surface area (Å²) in [4.78, 5) is 141. The molecule has 752 valence electrons. The number of unbranched alkanes of at least 4 members (excludes halogenated alkanes) is 1. The predicted octanol–water partition coefficient (Wildman–Crippen LogP) is 9.67. The number of hydrogen-bond acceptors (Lipinski definition) is 23. The Kier molecular flexibility index (Phi) is 41.7. The molecule has 32 heteroatoms. The lowest BCUT2D eigenvalue weighted by atomic mass is 9.49.